The number of carbonyl (C=O) groups is 3. The van der Waals surface area contributed by atoms with Crippen molar-refractivity contribution in [3.8, 4) is 0 Å². The minimum absolute atomic E-state index is 0.0265. The van der Waals surface area contributed by atoms with E-state index in [1.54, 1.807) is 13.2 Å². The van der Waals surface area contributed by atoms with Gasteiger partial charge in [0.15, 0.2) is 0 Å². The van der Waals surface area contributed by atoms with Gasteiger partial charge >= 0.3 is 5.97 Å². The fraction of sp³-hybridized carbons (Fsp3) is 0.423. The average Bonchev–Trinajstić information content (AvgIpc) is 2.76. The molecule has 2 amide bonds. The zero-order valence-corrected chi connectivity index (χ0v) is 22.0. The molecule has 1 atom stereocenters. The number of rotatable bonds is 9. The largest absolute Gasteiger partial charge is 0.481 e. The van der Waals surface area contributed by atoms with Crippen LogP contribution in [0.4, 0.5) is 14.5 Å². The van der Waals surface area contributed by atoms with Crippen molar-refractivity contribution in [2.45, 2.75) is 58.0 Å². The first-order chi connectivity index (χ1) is 16.9. The number of hydrogen-bond donors (Lipinski definition) is 2. The summed E-state index contributed by atoms with van der Waals surface area (Å²) in [6.07, 6.45) is 0.472. The second-order valence-electron chi connectivity index (χ2n) is 10.0. The van der Waals surface area contributed by atoms with Gasteiger partial charge in [0.05, 0.1) is 14.7 Å². The van der Waals surface area contributed by atoms with E-state index in [0.717, 1.165) is 23.3 Å². The third-order valence-corrected chi connectivity index (χ3v) is 8.13. The van der Waals surface area contributed by atoms with Gasteiger partial charge in [-0.3, -0.25) is 14.4 Å². The van der Waals surface area contributed by atoms with Crippen molar-refractivity contribution < 1.29 is 33.0 Å². The van der Waals surface area contributed by atoms with Crippen molar-refractivity contribution in [1.82, 2.24) is 4.90 Å². The Morgan fingerprint density at radius 2 is 1.78 bits per heavy atom. The van der Waals surface area contributed by atoms with Crippen LogP contribution < -0.4 is 10.5 Å². The highest BCUT2D eigenvalue weighted by atomic mass is 28.3. The maximum absolute atomic E-state index is 14.8. The highest BCUT2D eigenvalue weighted by molar-refractivity contribution is 6.88. The van der Waals surface area contributed by atoms with E-state index in [1.165, 1.54) is 4.90 Å². The third kappa shape index (κ3) is 6.36. The number of halogens is 2. The van der Waals surface area contributed by atoms with Crippen LogP contribution in [0, 0.1) is 11.6 Å². The Bertz CT molecular complexity index is 1140. The van der Waals surface area contributed by atoms with E-state index < -0.39 is 37.6 Å². The van der Waals surface area contributed by atoms with Gasteiger partial charge in [0, 0.05) is 37.4 Å². The number of methoxy groups -OCH3 is 1. The van der Waals surface area contributed by atoms with Gasteiger partial charge in [-0.1, -0.05) is 37.8 Å². The molecular formula is C26H32F2N2O5Si. The predicted octanol–water partition coefficient (Wildman–Crippen LogP) is 3.98. The normalized spacial score (nSPS) is 15.4. The molecule has 0 spiro atoms. The number of carbonyl (C=O) groups excluding carboxylic acids is 2. The van der Waals surface area contributed by atoms with Gasteiger partial charge in [-0.15, -0.1) is 0 Å². The van der Waals surface area contributed by atoms with E-state index >= 15 is 0 Å². The molecule has 1 aliphatic heterocycles. The molecule has 2 aromatic rings. The average molecular weight is 519 g/mol. The molecule has 0 saturated carbocycles. The van der Waals surface area contributed by atoms with E-state index in [9.17, 15) is 23.2 Å². The highest BCUT2D eigenvalue weighted by Crippen LogP contribution is 2.33. The van der Waals surface area contributed by atoms with Crippen molar-refractivity contribution in [2.75, 3.05) is 19.0 Å². The summed E-state index contributed by atoms with van der Waals surface area (Å²) in [6, 6.07) is 6.69. The number of ether oxygens (including phenoxy) is 1. The molecule has 0 aromatic heterocycles. The molecule has 2 N–H and O–H groups in total. The first-order valence-electron chi connectivity index (χ1n) is 11.8. The molecule has 0 saturated heterocycles. The Balaban J connectivity index is 1.93. The van der Waals surface area contributed by atoms with E-state index in [2.05, 4.69) is 5.32 Å². The summed E-state index contributed by atoms with van der Waals surface area (Å²) < 4.78 is 34.8. The third-order valence-electron chi connectivity index (χ3n) is 6.16. The lowest BCUT2D eigenvalue weighted by molar-refractivity contribution is -0.140. The molecule has 7 nitrogen and oxygen atoms in total. The number of nitrogens with one attached hydrogen (secondary N) is 1. The smallest absolute Gasteiger partial charge is 0.303 e. The molecule has 0 radical (unpaired) electrons. The summed E-state index contributed by atoms with van der Waals surface area (Å²) >= 11 is 0. The van der Waals surface area contributed by atoms with E-state index in [-0.39, 0.29) is 42.6 Å². The summed E-state index contributed by atoms with van der Waals surface area (Å²) in [5.41, 5.74) is 2.39. The molecular weight excluding hydrogens is 486 g/mol. The van der Waals surface area contributed by atoms with Crippen LogP contribution >= 0.6 is 0 Å². The number of aliphatic carboxylic acids is 1. The van der Waals surface area contributed by atoms with Crippen molar-refractivity contribution in [3.63, 3.8) is 0 Å². The number of carboxylic acids is 1. The molecule has 0 aliphatic carbocycles. The molecule has 3 rings (SSSR count). The molecule has 1 aliphatic rings. The summed E-state index contributed by atoms with van der Waals surface area (Å²) in [5, 5.41) is 11.6. The fourth-order valence-corrected chi connectivity index (χ4v) is 6.17. The van der Waals surface area contributed by atoms with Crippen molar-refractivity contribution in [1.29, 1.82) is 0 Å². The van der Waals surface area contributed by atoms with Crippen LogP contribution in [0.5, 0.6) is 0 Å². The highest BCUT2D eigenvalue weighted by Gasteiger charge is 2.36. The second kappa shape index (κ2) is 11.3. The zero-order chi connectivity index (χ0) is 26.6. The quantitative estimate of drug-likeness (QED) is 0.490. The SMILES string of the molecule is COCc1ccc2c(c1)CCN(C(=O)CCCC(=O)O)[C@H]2C(=O)Nc1cc(F)c([Si](C)(C)C)c(F)c1. The maximum Gasteiger partial charge on any atom is 0.303 e. The van der Waals surface area contributed by atoms with Crippen LogP contribution in [0.3, 0.4) is 0 Å². The summed E-state index contributed by atoms with van der Waals surface area (Å²) in [7, 11) is -0.710. The lowest BCUT2D eigenvalue weighted by atomic mass is 9.90. The number of amides is 2. The minimum Gasteiger partial charge on any atom is -0.481 e. The standard InChI is InChI=1S/C26H32F2N2O5Si/c1-35-15-16-8-9-19-17(12-16)10-11-30(22(31)6-5-7-23(32)33)24(19)26(34)29-18-13-20(27)25(21(28)14-18)36(2,3)4/h8-9,12-14,24H,5-7,10-11,15H2,1-4H3,(H,29,34)(H,32,33)/t24-/m1/s1. The van der Waals surface area contributed by atoms with Gasteiger partial charge in [0.25, 0.3) is 5.91 Å². The van der Waals surface area contributed by atoms with Gasteiger partial charge in [-0.2, -0.15) is 0 Å². The Morgan fingerprint density at radius 3 is 2.36 bits per heavy atom. The monoisotopic (exact) mass is 518 g/mol. The molecule has 10 heteroatoms. The van der Waals surface area contributed by atoms with Crippen LogP contribution in [0.15, 0.2) is 30.3 Å². The van der Waals surface area contributed by atoms with Crippen LogP contribution in [-0.2, 0) is 32.1 Å². The Kier molecular flexibility index (Phi) is 8.62. The Morgan fingerprint density at radius 1 is 1.11 bits per heavy atom. The molecule has 1 heterocycles. The Hall–Kier alpha value is -3.11. The lowest BCUT2D eigenvalue weighted by Gasteiger charge is -2.37. The molecule has 0 unspecified atom stereocenters. The molecule has 0 fully saturated rings. The molecule has 0 bridgehead atoms. The van der Waals surface area contributed by atoms with Crippen molar-refractivity contribution in [2.24, 2.45) is 0 Å². The number of hydrogen-bond acceptors (Lipinski definition) is 4. The first-order valence-corrected chi connectivity index (χ1v) is 15.3. The molecule has 36 heavy (non-hydrogen) atoms. The van der Waals surface area contributed by atoms with Gasteiger partial charge in [-0.05, 0) is 41.7 Å². The molecule has 2 aromatic carbocycles. The van der Waals surface area contributed by atoms with Crippen LogP contribution in [0.2, 0.25) is 19.6 Å². The minimum atomic E-state index is -2.29. The van der Waals surface area contributed by atoms with Crippen molar-refractivity contribution >= 4 is 36.7 Å². The van der Waals surface area contributed by atoms with Gasteiger partial charge < -0.3 is 20.1 Å². The van der Waals surface area contributed by atoms with Crippen LogP contribution in [0.1, 0.15) is 42.0 Å². The summed E-state index contributed by atoms with van der Waals surface area (Å²) in [4.78, 5) is 38.8. The summed E-state index contributed by atoms with van der Waals surface area (Å²) in [5.74, 6) is -3.37. The first kappa shape index (κ1) is 27.5. The van der Waals surface area contributed by atoms with Gasteiger partial charge in [0.2, 0.25) is 5.91 Å². The van der Waals surface area contributed by atoms with Gasteiger partial charge in [-0.25, -0.2) is 8.78 Å². The topological polar surface area (TPSA) is 95.9 Å². The number of fused-ring (bicyclic) bond motifs is 1. The van der Waals surface area contributed by atoms with E-state index in [1.807, 2.05) is 31.8 Å². The van der Waals surface area contributed by atoms with Crippen molar-refractivity contribution in [3.05, 3.63) is 58.7 Å². The maximum atomic E-state index is 14.8. The second-order valence-corrected chi connectivity index (χ2v) is 15.0. The number of anilines is 1. The fourth-order valence-electron chi connectivity index (χ4n) is 4.60. The Labute approximate surface area is 210 Å². The number of benzene rings is 2. The summed E-state index contributed by atoms with van der Waals surface area (Å²) in [6.45, 7) is 6.14. The molecule has 194 valence electrons. The number of nitrogens with zero attached hydrogens (tertiary/aromatic N) is 1. The predicted molar refractivity (Wildman–Crippen MR) is 135 cm³/mol. The zero-order valence-electron chi connectivity index (χ0n) is 21.0. The van der Waals surface area contributed by atoms with Gasteiger partial charge in [0.1, 0.15) is 17.7 Å². The number of carboxylic acid groups (broad SMARTS) is 1. The van der Waals surface area contributed by atoms with Crippen LogP contribution in [0.25, 0.3) is 0 Å². The van der Waals surface area contributed by atoms with E-state index in [0.29, 0.717) is 18.6 Å². The lowest BCUT2D eigenvalue weighted by Crippen LogP contribution is -2.45. The van der Waals surface area contributed by atoms with E-state index in [4.69, 9.17) is 9.84 Å². The van der Waals surface area contributed by atoms with Crippen LogP contribution in [-0.4, -0.2) is 49.5 Å².